The fraction of sp³-hybridized carbons (Fsp3) is 1.00. The molecule has 2 rings (SSSR count). The van der Waals surface area contributed by atoms with Crippen molar-refractivity contribution in [3.8, 4) is 0 Å². The Morgan fingerprint density at radius 1 is 1.07 bits per heavy atom. The van der Waals surface area contributed by atoms with Crippen molar-refractivity contribution in [2.24, 2.45) is 5.92 Å². The Balaban J connectivity index is 0.000000845. The van der Waals surface area contributed by atoms with E-state index in [0.717, 1.165) is 18.6 Å². The van der Waals surface area contributed by atoms with Crippen molar-refractivity contribution in [1.82, 2.24) is 10.2 Å². The number of rotatable bonds is 1. The van der Waals surface area contributed by atoms with E-state index in [2.05, 4.69) is 17.1 Å². The van der Waals surface area contributed by atoms with Gasteiger partial charge in [0.1, 0.15) is 0 Å². The number of nitrogens with zero attached hydrogens (tertiary/aromatic N) is 1. The van der Waals surface area contributed by atoms with Gasteiger partial charge in [0, 0.05) is 25.8 Å². The third-order valence-corrected chi connectivity index (χ3v) is 3.39. The van der Waals surface area contributed by atoms with Crippen molar-refractivity contribution in [2.45, 2.75) is 38.6 Å². The Kier molecular flexibility index (Phi) is 7.13. The SMILES string of the molecule is CC1CCC(N2CCNC2)CC1.Cl.Cl. The van der Waals surface area contributed by atoms with Crippen molar-refractivity contribution in [3.63, 3.8) is 0 Å². The van der Waals surface area contributed by atoms with Gasteiger partial charge in [-0.25, -0.2) is 0 Å². The summed E-state index contributed by atoms with van der Waals surface area (Å²) >= 11 is 0. The minimum Gasteiger partial charge on any atom is -0.303 e. The van der Waals surface area contributed by atoms with Gasteiger partial charge in [0.15, 0.2) is 0 Å². The van der Waals surface area contributed by atoms with Crippen molar-refractivity contribution in [1.29, 1.82) is 0 Å². The van der Waals surface area contributed by atoms with E-state index >= 15 is 0 Å². The van der Waals surface area contributed by atoms with E-state index in [-0.39, 0.29) is 24.8 Å². The molecule has 4 heteroatoms. The molecule has 2 aliphatic rings. The molecule has 2 nitrogen and oxygen atoms in total. The minimum atomic E-state index is 0. The maximum atomic E-state index is 3.41. The highest BCUT2D eigenvalue weighted by molar-refractivity contribution is 5.85. The number of nitrogens with one attached hydrogen (secondary N) is 1. The summed E-state index contributed by atoms with van der Waals surface area (Å²) in [5.41, 5.74) is 0. The summed E-state index contributed by atoms with van der Waals surface area (Å²) in [6, 6.07) is 0.899. The zero-order valence-electron chi connectivity index (χ0n) is 8.87. The first kappa shape index (κ1) is 14.5. The van der Waals surface area contributed by atoms with Gasteiger partial charge in [0.25, 0.3) is 0 Å². The topological polar surface area (TPSA) is 15.3 Å². The third-order valence-electron chi connectivity index (χ3n) is 3.39. The smallest absolute Gasteiger partial charge is 0.0484 e. The molecule has 0 aromatic carbocycles. The second-order valence-electron chi connectivity index (χ2n) is 4.38. The average Bonchev–Trinajstić information content (AvgIpc) is 2.58. The van der Waals surface area contributed by atoms with Crippen LogP contribution in [0.2, 0.25) is 0 Å². The zero-order chi connectivity index (χ0) is 8.39. The summed E-state index contributed by atoms with van der Waals surface area (Å²) in [6.07, 6.45) is 5.76. The summed E-state index contributed by atoms with van der Waals surface area (Å²) in [4.78, 5) is 2.62. The first-order valence-corrected chi connectivity index (χ1v) is 5.31. The van der Waals surface area contributed by atoms with Crippen LogP contribution in [0, 0.1) is 5.92 Å². The average molecular weight is 241 g/mol. The third kappa shape index (κ3) is 3.58. The number of hydrogen-bond donors (Lipinski definition) is 1. The molecule has 0 amide bonds. The van der Waals surface area contributed by atoms with Gasteiger partial charge >= 0.3 is 0 Å². The molecule has 1 aliphatic heterocycles. The molecule has 0 spiro atoms. The van der Waals surface area contributed by atoms with Crippen LogP contribution in [0.5, 0.6) is 0 Å². The molecule has 1 saturated carbocycles. The monoisotopic (exact) mass is 240 g/mol. The zero-order valence-corrected chi connectivity index (χ0v) is 10.5. The maximum Gasteiger partial charge on any atom is 0.0484 e. The predicted molar refractivity (Wildman–Crippen MR) is 65.5 cm³/mol. The first-order valence-electron chi connectivity index (χ1n) is 5.31. The highest BCUT2D eigenvalue weighted by Gasteiger charge is 2.25. The standard InChI is InChI=1S/C10H20N2.2ClH/c1-9-2-4-10(5-3-9)12-7-6-11-8-12;;/h9-11H,2-8H2,1H3;2*1H. The normalized spacial score (nSPS) is 33.2. The molecule has 0 unspecified atom stereocenters. The Labute approximate surface area is 99.6 Å². The van der Waals surface area contributed by atoms with Crippen LogP contribution in [-0.2, 0) is 0 Å². The molecule has 0 aromatic heterocycles. The van der Waals surface area contributed by atoms with Gasteiger partial charge in [-0.15, -0.1) is 24.8 Å². The second-order valence-corrected chi connectivity index (χ2v) is 4.38. The van der Waals surface area contributed by atoms with Crippen LogP contribution in [0.4, 0.5) is 0 Å². The summed E-state index contributed by atoms with van der Waals surface area (Å²) in [5.74, 6) is 0.983. The van der Waals surface area contributed by atoms with Gasteiger partial charge in [-0.1, -0.05) is 6.92 Å². The molecule has 0 bridgehead atoms. The largest absolute Gasteiger partial charge is 0.303 e. The summed E-state index contributed by atoms with van der Waals surface area (Å²) in [6.45, 7) is 6.00. The lowest BCUT2D eigenvalue weighted by molar-refractivity contribution is 0.168. The lowest BCUT2D eigenvalue weighted by atomic mass is 9.87. The molecular formula is C10H22Cl2N2. The Morgan fingerprint density at radius 3 is 2.21 bits per heavy atom. The molecule has 1 aliphatic carbocycles. The van der Waals surface area contributed by atoms with Crippen molar-refractivity contribution >= 4 is 24.8 Å². The molecule has 86 valence electrons. The number of halogens is 2. The highest BCUT2D eigenvalue weighted by Crippen LogP contribution is 2.27. The molecule has 1 N–H and O–H groups in total. The summed E-state index contributed by atoms with van der Waals surface area (Å²) in [7, 11) is 0. The molecule has 1 heterocycles. The van der Waals surface area contributed by atoms with E-state index in [1.165, 1.54) is 38.8 Å². The van der Waals surface area contributed by atoms with Crippen LogP contribution in [0.1, 0.15) is 32.6 Å². The van der Waals surface area contributed by atoms with Crippen molar-refractivity contribution in [2.75, 3.05) is 19.8 Å². The Hall–Kier alpha value is 0.500. The fourth-order valence-electron chi connectivity index (χ4n) is 2.44. The van der Waals surface area contributed by atoms with Crippen LogP contribution in [-0.4, -0.2) is 30.7 Å². The Morgan fingerprint density at radius 2 is 1.71 bits per heavy atom. The van der Waals surface area contributed by atoms with Gasteiger partial charge < -0.3 is 5.32 Å². The van der Waals surface area contributed by atoms with Crippen LogP contribution >= 0.6 is 24.8 Å². The number of hydrogen-bond acceptors (Lipinski definition) is 2. The van der Waals surface area contributed by atoms with Gasteiger partial charge in [-0.05, 0) is 31.6 Å². The fourth-order valence-corrected chi connectivity index (χ4v) is 2.44. The molecule has 0 radical (unpaired) electrons. The van der Waals surface area contributed by atoms with Crippen LogP contribution < -0.4 is 5.32 Å². The predicted octanol–water partition coefficient (Wildman–Crippen LogP) is 2.27. The summed E-state index contributed by atoms with van der Waals surface area (Å²) < 4.78 is 0. The van der Waals surface area contributed by atoms with Gasteiger partial charge in [-0.2, -0.15) is 0 Å². The lowest BCUT2D eigenvalue weighted by Crippen LogP contribution is -2.36. The van der Waals surface area contributed by atoms with Gasteiger partial charge in [0.05, 0.1) is 0 Å². The maximum absolute atomic E-state index is 3.41. The van der Waals surface area contributed by atoms with E-state index in [0.29, 0.717) is 0 Å². The molecule has 0 atom stereocenters. The summed E-state index contributed by atoms with van der Waals surface area (Å²) in [5, 5.41) is 3.41. The molecule has 1 saturated heterocycles. The molecule has 2 fully saturated rings. The molecule has 14 heavy (non-hydrogen) atoms. The van der Waals surface area contributed by atoms with Gasteiger partial charge in [0.2, 0.25) is 0 Å². The lowest BCUT2D eigenvalue weighted by Gasteiger charge is -2.32. The van der Waals surface area contributed by atoms with Gasteiger partial charge in [-0.3, -0.25) is 4.90 Å². The molecule has 0 aromatic rings. The van der Waals surface area contributed by atoms with E-state index in [1.807, 2.05) is 0 Å². The van der Waals surface area contributed by atoms with Crippen LogP contribution in [0.3, 0.4) is 0 Å². The van der Waals surface area contributed by atoms with E-state index in [9.17, 15) is 0 Å². The van der Waals surface area contributed by atoms with Crippen molar-refractivity contribution < 1.29 is 0 Å². The first-order chi connectivity index (χ1) is 5.86. The quantitative estimate of drug-likeness (QED) is 0.757. The molecular weight excluding hydrogens is 219 g/mol. The second kappa shape index (κ2) is 6.89. The van der Waals surface area contributed by atoms with E-state index in [1.54, 1.807) is 0 Å². The van der Waals surface area contributed by atoms with Crippen LogP contribution in [0.25, 0.3) is 0 Å². The Bertz CT molecular complexity index is 141. The van der Waals surface area contributed by atoms with E-state index < -0.39 is 0 Å². The van der Waals surface area contributed by atoms with Crippen LogP contribution in [0.15, 0.2) is 0 Å². The minimum absolute atomic E-state index is 0. The van der Waals surface area contributed by atoms with Crippen molar-refractivity contribution in [3.05, 3.63) is 0 Å². The highest BCUT2D eigenvalue weighted by atomic mass is 35.5. The van der Waals surface area contributed by atoms with E-state index in [4.69, 9.17) is 0 Å².